The van der Waals surface area contributed by atoms with Crippen molar-refractivity contribution in [2.24, 2.45) is 0 Å². The van der Waals surface area contributed by atoms with Crippen molar-refractivity contribution in [3.63, 3.8) is 0 Å². The maximum absolute atomic E-state index is 12.0. The minimum Gasteiger partial charge on any atom is -0.507 e. The van der Waals surface area contributed by atoms with Gasteiger partial charge in [0.05, 0.1) is 23.5 Å². The van der Waals surface area contributed by atoms with Gasteiger partial charge in [-0.3, -0.25) is 4.79 Å². The first-order valence-electron chi connectivity index (χ1n) is 8.46. The summed E-state index contributed by atoms with van der Waals surface area (Å²) in [7, 11) is 2.03. The predicted octanol–water partition coefficient (Wildman–Crippen LogP) is 3.47. The molecule has 0 amide bonds. The second-order valence-electron chi connectivity index (χ2n) is 5.59. The van der Waals surface area contributed by atoms with Crippen LogP contribution in [0.25, 0.3) is 11.3 Å². The Morgan fingerprint density at radius 1 is 1.33 bits per heavy atom. The summed E-state index contributed by atoms with van der Waals surface area (Å²) in [6.07, 6.45) is 0.636. The molecule has 5 nitrogen and oxygen atoms in total. The number of rotatable bonds is 2. The van der Waals surface area contributed by atoms with Gasteiger partial charge in [0, 0.05) is 18.2 Å². The largest absolute Gasteiger partial charge is 0.507 e. The maximum atomic E-state index is 12.0. The van der Waals surface area contributed by atoms with Crippen molar-refractivity contribution in [2.75, 3.05) is 25.1 Å². The van der Waals surface area contributed by atoms with Crippen molar-refractivity contribution in [1.82, 2.24) is 4.98 Å². The zero-order valence-electron chi connectivity index (χ0n) is 15.1. The van der Waals surface area contributed by atoms with E-state index in [0.717, 1.165) is 29.1 Å². The number of fused-ring (bicyclic) bond motifs is 1. The highest BCUT2D eigenvalue weighted by atomic mass is 16.5. The Bertz CT molecular complexity index is 781. The summed E-state index contributed by atoms with van der Waals surface area (Å²) in [6.45, 7) is 9.08. The molecule has 1 aliphatic rings. The van der Waals surface area contributed by atoms with E-state index in [1.807, 2.05) is 46.0 Å². The van der Waals surface area contributed by atoms with E-state index >= 15 is 0 Å². The molecule has 1 aliphatic heterocycles. The van der Waals surface area contributed by atoms with Crippen molar-refractivity contribution >= 4 is 5.69 Å². The van der Waals surface area contributed by atoms with E-state index in [0.29, 0.717) is 24.3 Å². The topological polar surface area (TPSA) is 65.6 Å². The second kappa shape index (κ2) is 7.43. The van der Waals surface area contributed by atoms with Crippen molar-refractivity contribution in [1.29, 1.82) is 0 Å². The maximum Gasteiger partial charge on any atom is 0.255 e. The summed E-state index contributed by atoms with van der Waals surface area (Å²) >= 11 is 0. The zero-order chi connectivity index (χ0) is 17.9. The van der Waals surface area contributed by atoms with Crippen LogP contribution in [0.4, 0.5) is 5.69 Å². The summed E-state index contributed by atoms with van der Waals surface area (Å²) in [4.78, 5) is 17.0. The van der Waals surface area contributed by atoms with E-state index in [4.69, 9.17) is 4.74 Å². The molecule has 0 unspecified atom stereocenters. The number of benzene rings is 1. The summed E-state index contributed by atoms with van der Waals surface area (Å²) in [6, 6.07) is 5.85. The summed E-state index contributed by atoms with van der Waals surface area (Å²) in [5.74, 6) is 0.881. The number of hydrogen-bond donors (Lipinski definition) is 2. The quantitative estimate of drug-likeness (QED) is 0.885. The average molecular weight is 330 g/mol. The molecule has 2 N–H and O–H groups in total. The van der Waals surface area contributed by atoms with Gasteiger partial charge in [-0.2, -0.15) is 0 Å². The first-order chi connectivity index (χ1) is 11.5. The third kappa shape index (κ3) is 3.11. The van der Waals surface area contributed by atoms with Crippen molar-refractivity contribution < 1.29 is 9.84 Å². The Morgan fingerprint density at radius 2 is 2.04 bits per heavy atom. The number of aromatic nitrogens is 1. The monoisotopic (exact) mass is 330 g/mol. The van der Waals surface area contributed by atoms with Crippen LogP contribution >= 0.6 is 0 Å². The minimum atomic E-state index is -0.263. The third-order valence-electron chi connectivity index (χ3n) is 4.22. The molecule has 24 heavy (non-hydrogen) atoms. The molecule has 0 fully saturated rings. The molecule has 1 aromatic heterocycles. The summed E-state index contributed by atoms with van der Waals surface area (Å²) in [5, 5.41) is 10.2. The van der Waals surface area contributed by atoms with Gasteiger partial charge >= 0.3 is 0 Å². The fourth-order valence-electron chi connectivity index (χ4n) is 2.84. The summed E-state index contributed by atoms with van der Waals surface area (Å²) in [5.41, 5.74) is 3.39. The van der Waals surface area contributed by atoms with Crippen LogP contribution in [0.15, 0.2) is 23.0 Å². The van der Waals surface area contributed by atoms with Gasteiger partial charge in [-0.05, 0) is 25.5 Å². The van der Waals surface area contributed by atoms with Crippen LogP contribution in [-0.2, 0) is 6.42 Å². The molecule has 0 saturated carbocycles. The van der Waals surface area contributed by atoms with Gasteiger partial charge in [-0.25, -0.2) is 0 Å². The number of hydrogen-bond acceptors (Lipinski definition) is 4. The number of aromatic hydroxyl groups is 1. The van der Waals surface area contributed by atoms with E-state index in [1.54, 1.807) is 6.92 Å². The van der Waals surface area contributed by atoms with Gasteiger partial charge in [-0.15, -0.1) is 0 Å². The molecular formula is C19H26N2O3. The number of pyridine rings is 1. The lowest BCUT2D eigenvalue weighted by molar-refractivity contribution is 0.311. The lowest BCUT2D eigenvalue weighted by Gasteiger charge is -2.28. The zero-order valence-corrected chi connectivity index (χ0v) is 15.1. The second-order valence-corrected chi connectivity index (χ2v) is 5.59. The van der Waals surface area contributed by atoms with Crippen LogP contribution in [0.5, 0.6) is 11.5 Å². The summed E-state index contributed by atoms with van der Waals surface area (Å²) < 4.78 is 5.72. The Balaban J connectivity index is 0.00000100. The number of aromatic amines is 1. The molecule has 0 spiro atoms. The predicted molar refractivity (Wildman–Crippen MR) is 98.4 cm³/mol. The van der Waals surface area contributed by atoms with Gasteiger partial charge in [0.15, 0.2) is 0 Å². The first kappa shape index (κ1) is 17.9. The molecule has 1 aromatic carbocycles. The number of nitrogens with zero attached hydrogens (tertiary/aromatic N) is 1. The SMILES string of the molecule is CC.CCc1c(-c2ccc3c(c2)OCCN3C)[nH]c(=O)c(C)c1O. The number of ether oxygens (including phenoxy) is 1. The standard InChI is InChI=1S/C17H20N2O3.C2H6/c1-4-12-15(18-17(21)10(2)16(12)20)11-5-6-13-14(9-11)22-8-7-19(13)3;1-2/h5-6,9H,4,7-8H2,1-3H3,(H2,18,20,21);1-2H3. The molecule has 0 bridgehead atoms. The van der Waals surface area contributed by atoms with Crippen molar-refractivity contribution in [3.05, 3.63) is 39.7 Å². The molecule has 0 atom stereocenters. The van der Waals surface area contributed by atoms with E-state index < -0.39 is 0 Å². The van der Waals surface area contributed by atoms with Crippen LogP contribution in [0.3, 0.4) is 0 Å². The van der Waals surface area contributed by atoms with Crippen molar-refractivity contribution in [2.45, 2.75) is 34.1 Å². The molecule has 0 saturated heterocycles. The fourth-order valence-corrected chi connectivity index (χ4v) is 2.84. The highest BCUT2D eigenvalue weighted by Crippen LogP contribution is 2.36. The van der Waals surface area contributed by atoms with Gasteiger partial charge in [-0.1, -0.05) is 26.8 Å². The lowest BCUT2D eigenvalue weighted by Crippen LogP contribution is -2.28. The molecular weight excluding hydrogens is 304 g/mol. The molecule has 0 radical (unpaired) electrons. The van der Waals surface area contributed by atoms with Crippen LogP contribution in [0, 0.1) is 6.92 Å². The molecule has 5 heteroatoms. The van der Waals surface area contributed by atoms with E-state index in [-0.39, 0.29) is 11.3 Å². The minimum absolute atomic E-state index is 0.0806. The number of anilines is 1. The van der Waals surface area contributed by atoms with Crippen LogP contribution in [-0.4, -0.2) is 30.3 Å². The normalized spacial score (nSPS) is 12.8. The van der Waals surface area contributed by atoms with Crippen molar-refractivity contribution in [3.8, 4) is 22.8 Å². The smallest absolute Gasteiger partial charge is 0.255 e. The highest BCUT2D eigenvalue weighted by Gasteiger charge is 2.18. The highest BCUT2D eigenvalue weighted by molar-refractivity contribution is 5.73. The van der Waals surface area contributed by atoms with E-state index in [9.17, 15) is 9.90 Å². The van der Waals surface area contributed by atoms with Gasteiger partial charge in [0.1, 0.15) is 18.1 Å². The van der Waals surface area contributed by atoms with Crippen LogP contribution in [0.1, 0.15) is 31.9 Å². The number of likely N-dealkylation sites (N-methyl/N-ethyl adjacent to an activating group) is 1. The Kier molecular flexibility index (Phi) is 5.54. The molecule has 3 rings (SSSR count). The van der Waals surface area contributed by atoms with Crippen LogP contribution in [0.2, 0.25) is 0 Å². The third-order valence-corrected chi connectivity index (χ3v) is 4.22. The van der Waals surface area contributed by atoms with Gasteiger partial charge in [0.2, 0.25) is 0 Å². The Hall–Kier alpha value is -2.43. The van der Waals surface area contributed by atoms with E-state index in [2.05, 4.69) is 9.88 Å². The number of nitrogens with one attached hydrogen (secondary N) is 1. The Labute approximate surface area is 142 Å². The lowest BCUT2D eigenvalue weighted by atomic mass is 10.00. The number of H-pyrrole nitrogens is 1. The van der Waals surface area contributed by atoms with Gasteiger partial charge in [0.25, 0.3) is 5.56 Å². The average Bonchev–Trinajstić information content (AvgIpc) is 2.61. The molecule has 130 valence electrons. The molecule has 2 heterocycles. The van der Waals surface area contributed by atoms with E-state index in [1.165, 1.54) is 0 Å². The van der Waals surface area contributed by atoms with Gasteiger partial charge < -0.3 is 19.7 Å². The Morgan fingerprint density at radius 3 is 2.71 bits per heavy atom. The fraction of sp³-hybridized carbons (Fsp3) is 0.421. The first-order valence-corrected chi connectivity index (χ1v) is 8.46. The molecule has 2 aromatic rings. The van der Waals surface area contributed by atoms with Crippen LogP contribution < -0.4 is 15.2 Å². The molecule has 0 aliphatic carbocycles.